The van der Waals surface area contributed by atoms with E-state index < -0.39 is 17.6 Å². The summed E-state index contributed by atoms with van der Waals surface area (Å²) in [5, 5.41) is 4.63. The van der Waals surface area contributed by atoms with Crippen LogP contribution in [0.25, 0.3) is 11.0 Å². The number of morpholine rings is 1. The van der Waals surface area contributed by atoms with Crippen molar-refractivity contribution < 1.29 is 22.7 Å². The molecule has 1 aliphatic heterocycles. The highest BCUT2D eigenvalue weighted by Gasteiger charge is 2.31. The molecule has 0 unspecified atom stereocenters. The van der Waals surface area contributed by atoms with Crippen molar-refractivity contribution in [1.29, 1.82) is 0 Å². The predicted molar refractivity (Wildman–Crippen MR) is 110 cm³/mol. The maximum Gasteiger partial charge on any atom is 0.416 e. The molecule has 0 spiro atoms. The maximum atomic E-state index is 13.2. The lowest BCUT2D eigenvalue weighted by Crippen LogP contribution is -2.36. The van der Waals surface area contributed by atoms with E-state index in [1.165, 1.54) is 29.6 Å². The molecule has 0 atom stereocenters. The van der Waals surface area contributed by atoms with Crippen LogP contribution in [-0.4, -0.2) is 41.6 Å². The molecule has 11 heteroatoms. The van der Waals surface area contributed by atoms with Crippen molar-refractivity contribution in [3.63, 3.8) is 0 Å². The van der Waals surface area contributed by atoms with Crippen LogP contribution in [0.1, 0.15) is 11.3 Å². The highest BCUT2D eigenvalue weighted by Crippen LogP contribution is 2.36. The predicted octanol–water partition coefficient (Wildman–Crippen LogP) is 4.56. The van der Waals surface area contributed by atoms with Crippen molar-refractivity contribution in [2.24, 2.45) is 0 Å². The zero-order valence-electron chi connectivity index (χ0n) is 15.4. The van der Waals surface area contributed by atoms with E-state index in [0.717, 1.165) is 12.1 Å². The summed E-state index contributed by atoms with van der Waals surface area (Å²) in [5.74, 6) is -0.579. The van der Waals surface area contributed by atoms with Gasteiger partial charge in [0.05, 0.1) is 35.8 Å². The number of ether oxygens (including phenoxy) is 1. The van der Waals surface area contributed by atoms with Crippen LogP contribution in [0.2, 0.25) is 5.15 Å². The summed E-state index contributed by atoms with van der Waals surface area (Å²) in [6.45, 7) is 1.96. The van der Waals surface area contributed by atoms with Gasteiger partial charge in [-0.3, -0.25) is 9.20 Å². The molecule has 1 saturated heterocycles. The van der Waals surface area contributed by atoms with Gasteiger partial charge in [-0.2, -0.15) is 13.2 Å². The molecule has 30 heavy (non-hydrogen) atoms. The van der Waals surface area contributed by atoms with E-state index in [2.05, 4.69) is 10.3 Å². The maximum absolute atomic E-state index is 13.2. The first kappa shape index (κ1) is 20.7. The minimum atomic E-state index is -4.52. The molecule has 3 aromatic rings. The molecule has 0 radical (unpaired) electrons. The molecule has 1 N–H and O–H groups in total. The van der Waals surface area contributed by atoms with Crippen LogP contribution in [0.4, 0.5) is 24.5 Å². The van der Waals surface area contributed by atoms with E-state index in [1.54, 1.807) is 10.6 Å². The molecule has 0 aliphatic carbocycles. The summed E-state index contributed by atoms with van der Waals surface area (Å²) >= 11 is 7.49. The highest BCUT2D eigenvalue weighted by molar-refractivity contribution is 7.15. The third-order valence-corrected chi connectivity index (χ3v) is 5.62. The Morgan fingerprint density at radius 3 is 2.80 bits per heavy atom. The Kier molecular flexibility index (Phi) is 5.72. The first-order valence-electron chi connectivity index (χ1n) is 8.97. The van der Waals surface area contributed by atoms with Crippen molar-refractivity contribution >= 4 is 51.3 Å². The number of alkyl halides is 3. The molecule has 0 bridgehead atoms. The van der Waals surface area contributed by atoms with Gasteiger partial charge in [-0.1, -0.05) is 11.6 Å². The number of amides is 1. The van der Waals surface area contributed by atoms with Gasteiger partial charge >= 0.3 is 6.18 Å². The number of halogens is 4. The van der Waals surface area contributed by atoms with E-state index in [9.17, 15) is 18.0 Å². The van der Waals surface area contributed by atoms with Gasteiger partial charge in [0.25, 0.3) is 0 Å². The number of aromatic nitrogens is 2. The Bertz CT molecular complexity index is 1100. The molecule has 158 valence electrons. The number of hydrogen-bond acceptors (Lipinski definition) is 5. The Hall–Kier alpha value is -2.56. The molecule has 1 fully saturated rings. The van der Waals surface area contributed by atoms with Gasteiger partial charge in [-0.25, -0.2) is 4.98 Å². The lowest BCUT2D eigenvalue weighted by molar-refractivity contribution is -0.137. The second-order valence-electron chi connectivity index (χ2n) is 6.50. The van der Waals surface area contributed by atoms with Crippen molar-refractivity contribution in [3.8, 4) is 0 Å². The van der Waals surface area contributed by atoms with Crippen LogP contribution in [0.15, 0.2) is 35.9 Å². The standard InChI is InChI=1S/C19H16ClF3N4O2S/c20-17-15(27-7-10-30-18(27)25-17)3-4-16(28)24-13-11-12(19(21,22)23)1-2-14(13)26-5-8-29-9-6-26/h1-4,7,10-11H,5-6,8-9H2,(H,24,28). The zero-order valence-corrected chi connectivity index (χ0v) is 17.0. The number of rotatable bonds is 4. The van der Waals surface area contributed by atoms with Crippen LogP contribution in [0.3, 0.4) is 0 Å². The fraction of sp³-hybridized carbons (Fsp3) is 0.263. The summed E-state index contributed by atoms with van der Waals surface area (Å²) in [6.07, 6.45) is -0.0584. The minimum Gasteiger partial charge on any atom is -0.378 e. The quantitative estimate of drug-likeness (QED) is 0.585. The number of carbonyl (C=O) groups is 1. The Morgan fingerprint density at radius 2 is 2.07 bits per heavy atom. The Morgan fingerprint density at radius 1 is 1.30 bits per heavy atom. The van der Waals surface area contributed by atoms with Gasteiger partial charge in [-0.15, -0.1) is 11.3 Å². The number of anilines is 2. The average molecular weight is 457 g/mol. The van der Waals surface area contributed by atoms with E-state index >= 15 is 0 Å². The van der Waals surface area contributed by atoms with Gasteiger partial charge in [0, 0.05) is 30.7 Å². The van der Waals surface area contributed by atoms with E-state index in [0.29, 0.717) is 42.6 Å². The number of thiazole rings is 1. The molecule has 4 rings (SSSR count). The number of hydrogen-bond donors (Lipinski definition) is 1. The minimum absolute atomic E-state index is 0.0847. The number of nitrogens with one attached hydrogen (secondary N) is 1. The fourth-order valence-electron chi connectivity index (χ4n) is 3.15. The third kappa shape index (κ3) is 4.30. The topological polar surface area (TPSA) is 58.9 Å². The van der Waals surface area contributed by atoms with Crippen molar-refractivity contribution in [2.45, 2.75) is 6.18 Å². The van der Waals surface area contributed by atoms with Gasteiger partial charge in [-0.05, 0) is 24.3 Å². The van der Waals surface area contributed by atoms with Crippen molar-refractivity contribution in [2.75, 3.05) is 36.5 Å². The monoisotopic (exact) mass is 456 g/mol. The number of nitrogens with zero attached hydrogens (tertiary/aromatic N) is 3. The van der Waals surface area contributed by atoms with E-state index in [4.69, 9.17) is 16.3 Å². The van der Waals surface area contributed by atoms with Gasteiger partial charge in [0.2, 0.25) is 5.91 Å². The second kappa shape index (κ2) is 8.29. The largest absolute Gasteiger partial charge is 0.416 e. The lowest BCUT2D eigenvalue weighted by Gasteiger charge is -2.30. The third-order valence-electron chi connectivity index (χ3n) is 4.58. The first-order chi connectivity index (χ1) is 14.3. The normalized spacial score (nSPS) is 15.3. The first-order valence-corrected chi connectivity index (χ1v) is 10.2. The summed E-state index contributed by atoms with van der Waals surface area (Å²) in [7, 11) is 0. The molecular weight excluding hydrogens is 441 g/mol. The van der Waals surface area contributed by atoms with Crippen molar-refractivity contribution in [1.82, 2.24) is 9.38 Å². The van der Waals surface area contributed by atoms with Crippen LogP contribution in [0, 0.1) is 0 Å². The van der Waals surface area contributed by atoms with Crippen LogP contribution in [-0.2, 0) is 15.7 Å². The highest BCUT2D eigenvalue weighted by atomic mass is 35.5. The smallest absolute Gasteiger partial charge is 0.378 e. The van der Waals surface area contributed by atoms with E-state index in [1.807, 2.05) is 10.3 Å². The molecule has 1 aromatic carbocycles. The van der Waals surface area contributed by atoms with Gasteiger partial charge < -0.3 is 15.0 Å². The Labute approximate surface area is 178 Å². The molecule has 1 amide bonds. The molecule has 6 nitrogen and oxygen atoms in total. The molecule has 0 saturated carbocycles. The molecule has 1 aliphatic rings. The number of imidazole rings is 1. The number of carbonyl (C=O) groups excluding carboxylic acids is 1. The zero-order chi connectivity index (χ0) is 21.3. The molecule has 3 heterocycles. The van der Waals surface area contributed by atoms with Crippen LogP contribution < -0.4 is 10.2 Å². The van der Waals surface area contributed by atoms with E-state index in [-0.39, 0.29) is 10.8 Å². The summed E-state index contributed by atoms with van der Waals surface area (Å²) in [5.41, 5.74) is 0.273. The van der Waals surface area contributed by atoms with Crippen LogP contribution in [0.5, 0.6) is 0 Å². The second-order valence-corrected chi connectivity index (χ2v) is 7.73. The number of benzene rings is 1. The fourth-order valence-corrected chi connectivity index (χ4v) is 4.15. The SMILES string of the molecule is O=C(C=Cc1c(Cl)nc2sccn12)Nc1cc(C(F)(F)F)ccc1N1CCOCC1. The van der Waals surface area contributed by atoms with Gasteiger partial charge in [0.1, 0.15) is 0 Å². The average Bonchev–Trinajstić information content (AvgIpc) is 3.27. The Balaban J connectivity index is 1.60. The summed E-state index contributed by atoms with van der Waals surface area (Å²) in [4.78, 5) is 19.2. The molecular formula is C19H16ClF3N4O2S. The number of fused-ring (bicyclic) bond motifs is 1. The van der Waals surface area contributed by atoms with Crippen molar-refractivity contribution in [3.05, 3.63) is 52.3 Å². The van der Waals surface area contributed by atoms with Crippen LogP contribution >= 0.6 is 22.9 Å². The summed E-state index contributed by atoms with van der Waals surface area (Å²) < 4.78 is 46.6. The van der Waals surface area contributed by atoms with Gasteiger partial charge in [0.15, 0.2) is 10.1 Å². The molecule has 2 aromatic heterocycles. The lowest BCUT2D eigenvalue weighted by atomic mass is 10.1. The summed E-state index contributed by atoms with van der Waals surface area (Å²) in [6, 6.07) is 3.32.